The molecule has 38 heavy (non-hydrogen) atoms. The second-order valence-electron chi connectivity index (χ2n) is 11.3. The third-order valence-electron chi connectivity index (χ3n) is 8.04. The zero-order valence-corrected chi connectivity index (χ0v) is 23.7. The Balaban J connectivity index is 1.56. The molecule has 3 saturated heterocycles. The van der Waals surface area contributed by atoms with Crippen LogP contribution in [0.4, 0.5) is 0 Å². The second kappa shape index (κ2) is 12.3. The SMILES string of the molecule is C=C1C(C[C@@H]2O[C@H](CC3COC(C)(C)O3)[C@H](OC)C2CS(=O)(=O)c2ccccc2)O[C@@H](CCC=O)C[C@H]1C. The van der Waals surface area contributed by atoms with E-state index in [0.29, 0.717) is 32.3 Å². The maximum absolute atomic E-state index is 13.5. The van der Waals surface area contributed by atoms with Gasteiger partial charge in [-0.2, -0.15) is 0 Å². The number of hydrogen-bond donors (Lipinski definition) is 0. The summed E-state index contributed by atoms with van der Waals surface area (Å²) in [6.45, 7) is 10.6. The summed E-state index contributed by atoms with van der Waals surface area (Å²) in [7, 11) is -1.99. The monoisotopic (exact) mass is 550 g/mol. The molecule has 0 N–H and O–H groups in total. The number of methoxy groups -OCH3 is 1. The molecule has 0 amide bonds. The summed E-state index contributed by atoms with van der Waals surface area (Å²) < 4.78 is 57.6. The first-order valence-electron chi connectivity index (χ1n) is 13.6. The zero-order valence-electron chi connectivity index (χ0n) is 22.9. The van der Waals surface area contributed by atoms with Crippen LogP contribution in [0.15, 0.2) is 47.4 Å². The number of benzene rings is 1. The number of sulfone groups is 1. The average molecular weight is 551 g/mol. The highest BCUT2D eigenvalue weighted by molar-refractivity contribution is 7.91. The summed E-state index contributed by atoms with van der Waals surface area (Å²) in [4.78, 5) is 11.2. The van der Waals surface area contributed by atoms with E-state index in [2.05, 4.69) is 13.5 Å². The highest BCUT2D eigenvalue weighted by atomic mass is 32.2. The molecule has 9 heteroatoms. The van der Waals surface area contributed by atoms with Gasteiger partial charge in [-0.3, -0.25) is 0 Å². The Morgan fingerprint density at radius 3 is 2.47 bits per heavy atom. The van der Waals surface area contributed by atoms with Gasteiger partial charge in [-0.25, -0.2) is 8.42 Å². The fourth-order valence-electron chi connectivity index (χ4n) is 6.05. The first kappa shape index (κ1) is 29.4. The van der Waals surface area contributed by atoms with Gasteiger partial charge in [0.05, 0.1) is 53.9 Å². The number of carbonyl (C=O) groups excluding carboxylic acids is 1. The van der Waals surface area contributed by atoms with Gasteiger partial charge < -0.3 is 28.5 Å². The van der Waals surface area contributed by atoms with Gasteiger partial charge in [0.25, 0.3) is 0 Å². The molecule has 3 aliphatic rings. The van der Waals surface area contributed by atoms with Crippen LogP contribution in [0.1, 0.15) is 52.9 Å². The largest absolute Gasteiger partial charge is 0.378 e. The Hall–Kier alpha value is -1.62. The third kappa shape index (κ3) is 6.92. The van der Waals surface area contributed by atoms with E-state index >= 15 is 0 Å². The lowest BCUT2D eigenvalue weighted by Gasteiger charge is -2.37. The maximum atomic E-state index is 13.5. The zero-order chi connectivity index (χ0) is 27.5. The molecule has 3 heterocycles. The van der Waals surface area contributed by atoms with Crippen molar-refractivity contribution >= 4 is 16.1 Å². The quantitative estimate of drug-likeness (QED) is 0.300. The highest BCUT2D eigenvalue weighted by Gasteiger charge is 2.50. The van der Waals surface area contributed by atoms with Crippen molar-refractivity contribution in [3.63, 3.8) is 0 Å². The van der Waals surface area contributed by atoms with Crippen LogP contribution in [0.25, 0.3) is 0 Å². The molecule has 3 fully saturated rings. The van der Waals surface area contributed by atoms with Crippen molar-refractivity contribution in [1.82, 2.24) is 0 Å². The predicted molar refractivity (Wildman–Crippen MR) is 142 cm³/mol. The van der Waals surface area contributed by atoms with Crippen LogP contribution in [0.2, 0.25) is 0 Å². The van der Waals surface area contributed by atoms with Gasteiger partial charge in [0, 0.05) is 32.3 Å². The van der Waals surface area contributed by atoms with E-state index in [1.54, 1.807) is 37.4 Å². The van der Waals surface area contributed by atoms with E-state index in [1.165, 1.54) is 0 Å². The molecule has 3 aliphatic heterocycles. The molecule has 4 rings (SSSR count). The highest BCUT2D eigenvalue weighted by Crippen LogP contribution is 2.41. The molecule has 0 aliphatic carbocycles. The number of ether oxygens (including phenoxy) is 5. The Labute approximate surface area is 226 Å². The van der Waals surface area contributed by atoms with Gasteiger partial charge in [-0.1, -0.05) is 31.7 Å². The first-order valence-corrected chi connectivity index (χ1v) is 15.2. The minimum absolute atomic E-state index is 0.0427. The molecule has 0 spiro atoms. The molecule has 1 aromatic rings. The fourth-order valence-corrected chi connectivity index (χ4v) is 7.73. The number of rotatable bonds is 11. The van der Waals surface area contributed by atoms with E-state index in [-0.39, 0.29) is 41.0 Å². The lowest BCUT2D eigenvalue weighted by molar-refractivity contribution is -0.144. The fraction of sp³-hybridized carbons (Fsp3) is 0.690. The van der Waals surface area contributed by atoms with E-state index < -0.39 is 33.8 Å². The smallest absolute Gasteiger partial charge is 0.178 e. The molecular weight excluding hydrogens is 508 g/mol. The van der Waals surface area contributed by atoms with Crippen LogP contribution in [0.5, 0.6) is 0 Å². The molecule has 0 radical (unpaired) electrons. The number of carbonyl (C=O) groups is 1. The van der Waals surface area contributed by atoms with Gasteiger partial charge in [-0.15, -0.1) is 0 Å². The third-order valence-corrected chi connectivity index (χ3v) is 9.85. The summed E-state index contributed by atoms with van der Waals surface area (Å²) in [6, 6.07) is 8.50. The average Bonchev–Trinajstić information content (AvgIpc) is 3.38. The topological polar surface area (TPSA) is 97.4 Å². The standard InChI is InChI=1S/C29H42O8S/c1-19-14-21(10-9-13-30)35-25(20(19)2)16-26-24(18-38(31,32)23-11-7-6-8-12-23)28(33-5)27(36-26)15-22-17-34-29(3,4)37-22/h6-8,11-13,19,21-22,24-28H,2,9-10,14-18H2,1,3-5H3/t19-,21+,22?,24?,25?,26+,27-,28-/m1/s1. The number of aldehydes is 1. The Bertz CT molecular complexity index is 1060. The van der Waals surface area contributed by atoms with Crippen molar-refractivity contribution in [2.45, 2.75) is 100 Å². The summed E-state index contributed by atoms with van der Waals surface area (Å²) in [5.74, 6) is -0.944. The molecule has 0 aromatic heterocycles. The second-order valence-corrected chi connectivity index (χ2v) is 13.3. The molecular formula is C29H42O8S. The van der Waals surface area contributed by atoms with Gasteiger partial charge in [-0.05, 0) is 50.3 Å². The van der Waals surface area contributed by atoms with Gasteiger partial charge >= 0.3 is 0 Å². The van der Waals surface area contributed by atoms with Crippen molar-refractivity contribution in [1.29, 1.82) is 0 Å². The van der Waals surface area contributed by atoms with E-state index in [4.69, 9.17) is 23.7 Å². The lowest BCUT2D eigenvalue weighted by Crippen LogP contribution is -2.40. The van der Waals surface area contributed by atoms with Gasteiger partial charge in [0.1, 0.15) is 6.29 Å². The van der Waals surface area contributed by atoms with Crippen molar-refractivity contribution in [2.75, 3.05) is 19.5 Å². The molecule has 0 saturated carbocycles. The molecule has 0 bridgehead atoms. The normalized spacial score (nSPS) is 35.4. The van der Waals surface area contributed by atoms with Crippen LogP contribution >= 0.6 is 0 Å². The first-order chi connectivity index (χ1) is 18.0. The molecule has 8 atom stereocenters. The minimum Gasteiger partial charge on any atom is -0.378 e. The predicted octanol–water partition coefficient (Wildman–Crippen LogP) is 4.12. The maximum Gasteiger partial charge on any atom is 0.178 e. The molecule has 8 nitrogen and oxygen atoms in total. The van der Waals surface area contributed by atoms with E-state index in [1.807, 2.05) is 13.8 Å². The van der Waals surface area contributed by atoms with Crippen molar-refractivity contribution < 1.29 is 36.9 Å². The summed E-state index contributed by atoms with van der Waals surface area (Å²) in [5, 5.41) is 0. The van der Waals surface area contributed by atoms with E-state index in [0.717, 1.165) is 18.3 Å². The summed E-state index contributed by atoms with van der Waals surface area (Å²) >= 11 is 0. The Morgan fingerprint density at radius 2 is 1.84 bits per heavy atom. The van der Waals surface area contributed by atoms with Crippen LogP contribution in [0.3, 0.4) is 0 Å². The van der Waals surface area contributed by atoms with Crippen molar-refractivity contribution in [3.8, 4) is 0 Å². The van der Waals surface area contributed by atoms with E-state index in [9.17, 15) is 13.2 Å². The Morgan fingerprint density at radius 1 is 1.11 bits per heavy atom. The minimum atomic E-state index is -3.59. The van der Waals surface area contributed by atoms with Crippen LogP contribution < -0.4 is 0 Å². The molecule has 3 unspecified atom stereocenters. The molecule has 212 valence electrons. The Kier molecular flexibility index (Phi) is 9.48. The summed E-state index contributed by atoms with van der Waals surface area (Å²) in [6.07, 6.45) is 2.13. The van der Waals surface area contributed by atoms with Crippen molar-refractivity contribution in [3.05, 3.63) is 42.5 Å². The van der Waals surface area contributed by atoms with Crippen molar-refractivity contribution in [2.24, 2.45) is 11.8 Å². The van der Waals surface area contributed by atoms with Gasteiger partial charge in [0.15, 0.2) is 15.6 Å². The lowest BCUT2D eigenvalue weighted by atomic mass is 9.83. The molecule has 1 aromatic carbocycles. The number of hydrogen-bond acceptors (Lipinski definition) is 8. The van der Waals surface area contributed by atoms with Crippen LogP contribution in [0, 0.1) is 11.8 Å². The van der Waals surface area contributed by atoms with Gasteiger partial charge in [0.2, 0.25) is 0 Å². The van der Waals surface area contributed by atoms with Crippen LogP contribution in [-0.2, 0) is 38.3 Å². The van der Waals surface area contributed by atoms with Crippen LogP contribution in [-0.4, -0.2) is 76.6 Å². The summed E-state index contributed by atoms with van der Waals surface area (Å²) in [5.41, 5.74) is 0.979.